The van der Waals surface area contributed by atoms with Crippen LogP contribution in [0.3, 0.4) is 0 Å². The summed E-state index contributed by atoms with van der Waals surface area (Å²) in [6, 6.07) is 7.26. The molecule has 36 heavy (non-hydrogen) atoms. The van der Waals surface area contributed by atoms with Crippen molar-refractivity contribution in [3.05, 3.63) is 83.9 Å². The highest BCUT2D eigenvalue weighted by Gasteiger charge is 2.27. The van der Waals surface area contributed by atoms with Gasteiger partial charge in [-0.2, -0.15) is 4.98 Å². The molecule has 8 nitrogen and oxygen atoms in total. The number of anilines is 1. The lowest BCUT2D eigenvalue weighted by Gasteiger charge is -2.23. The molecule has 1 aromatic carbocycles. The number of rotatable bonds is 10. The van der Waals surface area contributed by atoms with Crippen LogP contribution in [0.2, 0.25) is 0 Å². The second kappa shape index (κ2) is 11.2. The molecule has 190 valence electrons. The Morgan fingerprint density at radius 1 is 1.31 bits per heavy atom. The molecule has 0 radical (unpaired) electrons. The molecule has 3 N–H and O–H groups in total. The monoisotopic (exact) mass is 512 g/mol. The van der Waals surface area contributed by atoms with Crippen molar-refractivity contribution >= 4 is 32.8 Å². The molecule has 0 atom stereocenters. The van der Waals surface area contributed by atoms with Gasteiger partial charge in [-0.1, -0.05) is 25.7 Å². The minimum absolute atomic E-state index is 0.0949. The smallest absolute Gasteiger partial charge is 0.255 e. The number of nitrogens with two attached hydrogens (primary N) is 1. The average Bonchev–Trinajstić information content (AvgIpc) is 3.21. The summed E-state index contributed by atoms with van der Waals surface area (Å²) in [6.07, 6.45) is 8.32. The Morgan fingerprint density at radius 3 is 2.56 bits per heavy atom. The molecule has 2 aromatic heterocycles. The molecule has 0 saturated carbocycles. The summed E-state index contributed by atoms with van der Waals surface area (Å²) in [5.74, 6) is -0.406. The van der Waals surface area contributed by atoms with Gasteiger partial charge < -0.3 is 15.5 Å². The van der Waals surface area contributed by atoms with Crippen LogP contribution in [0, 0.1) is 5.82 Å². The molecule has 0 saturated heterocycles. The van der Waals surface area contributed by atoms with Gasteiger partial charge in [0, 0.05) is 19.2 Å². The number of amides is 1. The molecule has 3 aromatic rings. The summed E-state index contributed by atoms with van der Waals surface area (Å²) >= 11 is 0. The number of aryl methyl sites for hydroxylation is 1. The largest absolute Gasteiger partial charge is 0.437 e. The van der Waals surface area contributed by atoms with E-state index < -0.39 is 21.7 Å². The van der Waals surface area contributed by atoms with Gasteiger partial charge in [-0.15, -0.1) is 0 Å². The number of aromatic nitrogens is 1. The van der Waals surface area contributed by atoms with Crippen LogP contribution < -0.4 is 15.4 Å². The van der Waals surface area contributed by atoms with Crippen molar-refractivity contribution in [3.8, 4) is 11.3 Å². The van der Waals surface area contributed by atoms with Crippen molar-refractivity contribution in [1.82, 2.24) is 10.3 Å². The third kappa shape index (κ3) is 5.65. The number of sulfonamides is 1. The molecule has 3 rings (SSSR count). The Balaban J connectivity index is 2.22. The van der Waals surface area contributed by atoms with E-state index in [-0.39, 0.29) is 29.4 Å². The van der Waals surface area contributed by atoms with Crippen LogP contribution >= 0.6 is 0 Å². The fourth-order valence-electron chi connectivity index (χ4n) is 3.84. The zero-order chi connectivity index (χ0) is 26.5. The minimum atomic E-state index is -3.73. The van der Waals surface area contributed by atoms with Crippen LogP contribution in [0.5, 0.6) is 0 Å². The maximum absolute atomic E-state index is 13.5. The second-order valence-corrected chi connectivity index (χ2v) is 9.90. The lowest BCUT2D eigenvalue weighted by molar-refractivity contribution is 0.0964. The normalized spacial score (nSPS) is 12.3. The minimum Gasteiger partial charge on any atom is -0.437 e. The number of hydrogen-bond acceptors (Lipinski definition) is 6. The van der Waals surface area contributed by atoms with E-state index in [2.05, 4.69) is 16.9 Å². The third-order valence-corrected chi connectivity index (χ3v) is 6.72. The Bertz CT molecular complexity index is 1440. The molecule has 0 bridgehead atoms. The van der Waals surface area contributed by atoms with Gasteiger partial charge in [-0.3, -0.25) is 9.10 Å². The average molecular weight is 513 g/mol. The van der Waals surface area contributed by atoms with Crippen molar-refractivity contribution in [2.24, 2.45) is 5.73 Å². The number of halogens is 1. The number of pyridine rings is 1. The lowest BCUT2D eigenvalue weighted by Crippen LogP contribution is -2.32. The first kappa shape index (κ1) is 26.7. The first-order valence-corrected chi connectivity index (χ1v) is 13.1. The molecule has 0 unspecified atom stereocenters. The van der Waals surface area contributed by atoms with E-state index in [9.17, 15) is 17.6 Å². The van der Waals surface area contributed by atoms with Crippen LogP contribution in [-0.4, -0.2) is 39.2 Å². The molecule has 0 aliphatic rings. The fourth-order valence-corrected chi connectivity index (χ4v) is 4.74. The number of carbonyl (C=O) groups excluding carboxylic acids is 1. The molecule has 0 aliphatic carbocycles. The molecule has 0 spiro atoms. The summed E-state index contributed by atoms with van der Waals surface area (Å²) in [7, 11) is -2.23. The topological polar surface area (TPSA) is 119 Å². The van der Waals surface area contributed by atoms with Gasteiger partial charge in [0.15, 0.2) is 0 Å². The Labute approximate surface area is 210 Å². The van der Waals surface area contributed by atoms with Crippen molar-refractivity contribution in [1.29, 1.82) is 0 Å². The zero-order valence-corrected chi connectivity index (χ0v) is 21.2. The molecule has 0 aliphatic heterocycles. The van der Waals surface area contributed by atoms with E-state index in [4.69, 9.17) is 10.2 Å². The summed E-state index contributed by atoms with van der Waals surface area (Å²) in [6.45, 7) is 5.65. The number of fused-ring (bicyclic) bond motifs is 1. The van der Waals surface area contributed by atoms with Crippen LogP contribution in [-0.2, 0) is 16.4 Å². The van der Waals surface area contributed by atoms with Crippen LogP contribution in [0.15, 0.2) is 71.3 Å². The van der Waals surface area contributed by atoms with Crippen molar-refractivity contribution < 1.29 is 22.0 Å². The number of nitrogens with zero attached hydrogens (tertiary/aromatic N) is 2. The van der Waals surface area contributed by atoms with E-state index in [0.29, 0.717) is 29.4 Å². The summed E-state index contributed by atoms with van der Waals surface area (Å²) in [5.41, 5.74) is 7.74. The van der Waals surface area contributed by atoms with Gasteiger partial charge in [0.1, 0.15) is 17.4 Å². The van der Waals surface area contributed by atoms with E-state index in [1.807, 2.05) is 6.92 Å². The molecule has 2 heterocycles. The predicted molar refractivity (Wildman–Crippen MR) is 141 cm³/mol. The standard InChI is InChI=1S/C26H29FN4O4S/c1-5-7-17(12-14-28)13-15-31(36(4,33)34)24-18(6-2)16-21-22(25(32)29-3)23(35-26(21)30-24)19-8-10-20(27)11-9-19/h5,7-12,14,16H,1,6,13,15,28H2,2-4H3,(H,29,32)/b14-12-,17-7+. The summed E-state index contributed by atoms with van der Waals surface area (Å²) < 4.78 is 46.3. The maximum Gasteiger partial charge on any atom is 0.255 e. The Morgan fingerprint density at radius 2 is 2.00 bits per heavy atom. The highest BCUT2D eigenvalue weighted by molar-refractivity contribution is 7.92. The first-order valence-electron chi connectivity index (χ1n) is 11.3. The highest BCUT2D eigenvalue weighted by Crippen LogP contribution is 2.36. The quantitative estimate of drug-likeness (QED) is 0.391. The van der Waals surface area contributed by atoms with E-state index in [1.165, 1.54) is 41.8 Å². The Hall–Kier alpha value is -3.92. The molecule has 1 amide bonds. The van der Waals surface area contributed by atoms with Crippen LogP contribution in [0.1, 0.15) is 29.3 Å². The number of furan rings is 1. The van der Waals surface area contributed by atoms with Crippen molar-refractivity contribution in [2.45, 2.75) is 19.8 Å². The second-order valence-electron chi connectivity index (χ2n) is 7.99. The van der Waals surface area contributed by atoms with E-state index in [1.54, 1.807) is 24.3 Å². The number of benzene rings is 1. The van der Waals surface area contributed by atoms with Crippen molar-refractivity contribution in [2.75, 3.05) is 24.2 Å². The van der Waals surface area contributed by atoms with Gasteiger partial charge in [-0.25, -0.2) is 12.8 Å². The van der Waals surface area contributed by atoms with Gasteiger partial charge in [0.05, 0.1) is 17.2 Å². The molecular weight excluding hydrogens is 483 g/mol. The zero-order valence-electron chi connectivity index (χ0n) is 20.4. The first-order chi connectivity index (χ1) is 17.1. The van der Waals surface area contributed by atoms with Gasteiger partial charge in [-0.05, 0) is 66.6 Å². The van der Waals surface area contributed by atoms with Crippen LogP contribution in [0.4, 0.5) is 10.2 Å². The highest BCUT2D eigenvalue weighted by atomic mass is 32.2. The number of allylic oxidation sites excluding steroid dienone is 3. The number of hydrogen-bond donors (Lipinski definition) is 2. The van der Waals surface area contributed by atoms with Gasteiger partial charge >= 0.3 is 0 Å². The third-order valence-electron chi connectivity index (χ3n) is 5.56. The van der Waals surface area contributed by atoms with E-state index in [0.717, 1.165) is 11.8 Å². The molecule has 10 heteroatoms. The lowest BCUT2D eigenvalue weighted by atomic mass is 10.0. The number of carbonyl (C=O) groups is 1. The van der Waals surface area contributed by atoms with Crippen molar-refractivity contribution in [3.63, 3.8) is 0 Å². The SMILES string of the molecule is C=C/C=C(\C=C/N)CCN(c1nc2oc(-c3ccc(F)cc3)c(C(=O)NC)c2cc1CC)S(C)(=O)=O. The Kier molecular flexibility index (Phi) is 8.31. The summed E-state index contributed by atoms with van der Waals surface area (Å²) in [4.78, 5) is 17.4. The molecule has 0 fully saturated rings. The van der Waals surface area contributed by atoms with Crippen LogP contribution in [0.25, 0.3) is 22.4 Å². The number of nitrogens with one attached hydrogen (secondary N) is 1. The van der Waals surface area contributed by atoms with Gasteiger partial charge in [0.2, 0.25) is 15.7 Å². The maximum atomic E-state index is 13.5. The fraction of sp³-hybridized carbons (Fsp3) is 0.231. The molecular formula is C26H29FN4O4S. The van der Waals surface area contributed by atoms with E-state index >= 15 is 0 Å². The summed E-state index contributed by atoms with van der Waals surface area (Å²) in [5, 5.41) is 3.03. The van der Waals surface area contributed by atoms with Gasteiger partial charge in [0.25, 0.3) is 5.91 Å². The predicted octanol–water partition coefficient (Wildman–Crippen LogP) is 4.30.